The van der Waals surface area contributed by atoms with Crippen LogP contribution in [0.2, 0.25) is 0 Å². The molecule has 0 N–H and O–H groups in total. The summed E-state index contributed by atoms with van der Waals surface area (Å²) in [5.41, 5.74) is 2.57. The van der Waals surface area contributed by atoms with E-state index in [-0.39, 0.29) is 17.2 Å². The number of aromatic nitrogens is 6. The molecule has 0 aliphatic heterocycles. The van der Waals surface area contributed by atoms with Crippen LogP contribution in [0.5, 0.6) is 5.75 Å². The van der Waals surface area contributed by atoms with Crippen LogP contribution < -0.4 is 4.74 Å². The highest BCUT2D eigenvalue weighted by Gasteiger charge is 2.32. The lowest BCUT2D eigenvalue weighted by Gasteiger charge is -2.35. The van der Waals surface area contributed by atoms with Crippen LogP contribution in [0.3, 0.4) is 0 Å². The standard InChI is InChI=1S/C24H24F2N6O/c1-16(2)24(3,18-7-5-17(6-8-18)22-29-31-32(30-22)23(25)26)19-9-11-20(12-10-19)33-15-21-27-13-4-14-28-21/h4-14,16,23H,15H2,1-3H3. The van der Waals surface area contributed by atoms with Crippen LogP contribution in [0, 0.1) is 5.92 Å². The molecule has 7 nitrogen and oxygen atoms in total. The first-order chi connectivity index (χ1) is 15.9. The molecule has 4 rings (SSSR count). The maximum atomic E-state index is 12.7. The van der Waals surface area contributed by atoms with E-state index < -0.39 is 6.55 Å². The Labute approximate surface area is 190 Å². The first-order valence-electron chi connectivity index (χ1n) is 10.6. The largest absolute Gasteiger partial charge is 0.486 e. The minimum absolute atomic E-state index is 0.164. The molecule has 2 heterocycles. The van der Waals surface area contributed by atoms with E-state index in [9.17, 15) is 8.78 Å². The van der Waals surface area contributed by atoms with E-state index in [2.05, 4.69) is 58.3 Å². The van der Waals surface area contributed by atoms with Crippen LogP contribution in [0.25, 0.3) is 11.4 Å². The van der Waals surface area contributed by atoms with Crippen molar-refractivity contribution >= 4 is 0 Å². The Kier molecular flexibility index (Phi) is 6.39. The summed E-state index contributed by atoms with van der Waals surface area (Å²) in [7, 11) is 0. The van der Waals surface area contributed by atoms with Gasteiger partial charge < -0.3 is 4.74 Å². The van der Waals surface area contributed by atoms with Crippen molar-refractivity contribution in [3.05, 3.63) is 83.9 Å². The first-order valence-corrected chi connectivity index (χ1v) is 10.6. The molecule has 0 spiro atoms. The molecule has 9 heteroatoms. The van der Waals surface area contributed by atoms with E-state index in [4.69, 9.17) is 4.74 Å². The number of ether oxygens (including phenoxy) is 1. The Balaban J connectivity index is 1.54. The van der Waals surface area contributed by atoms with E-state index >= 15 is 0 Å². The van der Waals surface area contributed by atoms with Crippen LogP contribution >= 0.6 is 0 Å². The molecular formula is C24H24F2N6O. The summed E-state index contributed by atoms with van der Waals surface area (Å²) in [6.07, 6.45) is 3.37. The molecule has 1 unspecified atom stereocenters. The number of halogens is 2. The fraction of sp³-hybridized carbons (Fsp3) is 0.292. The van der Waals surface area contributed by atoms with E-state index in [0.717, 1.165) is 16.9 Å². The Hall–Kier alpha value is -3.75. The van der Waals surface area contributed by atoms with Gasteiger partial charge in [-0.1, -0.05) is 62.0 Å². The fourth-order valence-corrected chi connectivity index (χ4v) is 3.67. The lowest BCUT2D eigenvalue weighted by atomic mass is 9.68. The Morgan fingerprint density at radius 2 is 1.55 bits per heavy atom. The summed E-state index contributed by atoms with van der Waals surface area (Å²) in [5, 5.41) is 10.8. The molecule has 33 heavy (non-hydrogen) atoms. The summed E-state index contributed by atoms with van der Waals surface area (Å²) in [6, 6.07) is 17.4. The third-order valence-corrected chi connectivity index (χ3v) is 5.94. The molecule has 2 aromatic heterocycles. The van der Waals surface area contributed by atoms with Gasteiger partial charge in [-0.05, 0) is 40.5 Å². The fourth-order valence-electron chi connectivity index (χ4n) is 3.67. The Morgan fingerprint density at radius 1 is 0.939 bits per heavy atom. The Bertz CT molecular complexity index is 1180. The molecule has 0 saturated carbocycles. The van der Waals surface area contributed by atoms with Gasteiger partial charge >= 0.3 is 6.55 Å². The van der Waals surface area contributed by atoms with Crippen molar-refractivity contribution in [2.24, 2.45) is 5.92 Å². The van der Waals surface area contributed by atoms with Crippen molar-refractivity contribution in [1.29, 1.82) is 0 Å². The van der Waals surface area contributed by atoms with Gasteiger partial charge in [0.15, 0.2) is 5.82 Å². The highest BCUT2D eigenvalue weighted by Crippen LogP contribution is 2.40. The normalized spacial score (nSPS) is 13.3. The van der Waals surface area contributed by atoms with Crippen LogP contribution in [-0.4, -0.2) is 30.2 Å². The topological polar surface area (TPSA) is 78.6 Å². The Morgan fingerprint density at radius 3 is 2.09 bits per heavy atom. The molecule has 4 aromatic rings. The zero-order chi connectivity index (χ0) is 23.4. The maximum Gasteiger partial charge on any atom is 0.350 e. The van der Waals surface area contributed by atoms with Gasteiger partial charge in [-0.15, -0.1) is 10.2 Å². The zero-order valence-corrected chi connectivity index (χ0v) is 18.6. The molecule has 0 bridgehead atoms. The highest BCUT2D eigenvalue weighted by molar-refractivity contribution is 5.56. The van der Waals surface area contributed by atoms with Gasteiger partial charge in [-0.3, -0.25) is 0 Å². The lowest BCUT2D eigenvalue weighted by Crippen LogP contribution is -2.30. The maximum absolute atomic E-state index is 12.7. The molecular weight excluding hydrogens is 426 g/mol. The summed E-state index contributed by atoms with van der Waals surface area (Å²) in [6.45, 7) is 4.00. The average Bonchev–Trinajstić information content (AvgIpc) is 3.34. The third-order valence-electron chi connectivity index (χ3n) is 5.94. The van der Waals surface area contributed by atoms with Crippen molar-refractivity contribution in [1.82, 2.24) is 30.2 Å². The molecule has 0 aliphatic rings. The van der Waals surface area contributed by atoms with E-state index in [1.165, 1.54) is 0 Å². The zero-order valence-electron chi connectivity index (χ0n) is 18.6. The quantitative estimate of drug-likeness (QED) is 0.373. The van der Waals surface area contributed by atoms with E-state index in [1.54, 1.807) is 18.5 Å². The van der Waals surface area contributed by atoms with Gasteiger partial charge in [0.25, 0.3) is 0 Å². The molecule has 0 radical (unpaired) electrons. The number of nitrogens with zero attached hydrogens (tertiary/aromatic N) is 6. The van der Waals surface area contributed by atoms with Gasteiger partial charge in [0, 0.05) is 23.4 Å². The summed E-state index contributed by atoms with van der Waals surface area (Å²) >= 11 is 0. The van der Waals surface area contributed by atoms with E-state index in [0.29, 0.717) is 22.8 Å². The van der Waals surface area contributed by atoms with Crippen molar-refractivity contribution in [2.45, 2.75) is 39.3 Å². The average molecular weight is 450 g/mol. The SMILES string of the molecule is CC(C)C(C)(c1ccc(OCc2ncccn2)cc1)c1ccc(-c2nnn(C(F)F)n2)cc1. The highest BCUT2D eigenvalue weighted by atomic mass is 19.3. The van der Waals surface area contributed by atoms with Gasteiger partial charge in [-0.25, -0.2) is 9.97 Å². The molecule has 0 saturated heterocycles. The minimum atomic E-state index is -2.82. The first kappa shape index (κ1) is 22.4. The number of hydrogen-bond acceptors (Lipinski definition) is 6. The van der Waals surface area contributed by atoms with Crippen molar-refractivity contribution < 1.29 is 13.5 Å². The number of tetrazole rings is 1. The van der Waals surface area contributed by atoms with Crippen molar-refractivity contribution in [3.8, 4) is 17.1 Å². The number of hydrogen-bond donors (Lipinski definition) is 0. The van der Waals surface area contributed by atoms with Gasteiger partial charge in [0.2, 0.25) is 5.82 Å². The second-order valence-electron chi connectivity index (χ2n) is 8.12. The van der Waals surface area contributed by atoms with Crippen LogP contribution in [-0.2, 0) is 12.0 Å². The molecule has 0 amide bonds. The van der Waals surface area contributed by atoms with E-state index in [1.807, 2.05) is 36.4 Å². The lowest BCUT2D eigenvalue weighted by molar-refractivity contribution is 0.0397. The summed E-state index contributed by atoms with van der Waals surface area (Å²) < 4.78 is 31.3. The second-order valence-corrected chi connectivity index (χ2v) is 8.12. The smallest absolute Gasteiger partial charge is 0.350 e. The number of rotatable bonds is 8. The second kappa shape index (κ2) is 9.40. The van der Waals surface area contributed by atoms with Crippen LogP contribution in [0.4, 0.5) is 8.78 Å². The number of alkyl halides is 2. The third kappa shape index (κ3) is 4.72. The molecule has 0 aliphatic carbocycles. The van der Waals surface area contributed by atoms with Gasteiger partial charge in [0.05, 0.1) is 0 Å². The van der Waals surface area contributed by atoms with Crippen LogP contribution in [0.1, 0.15) is 44.3 Å². The molecule has 0 fully saturated rings. The molecule has 2 aromatic carbocycles. The van der Waals surface area contributed by atoms with Crippen molar-refractivity contribution in [2.75, 3.05) is 0 Å². The predicted molar refractivity (Wildman–Crippen MR) is 119 cm³/mol. The van der Waals surface area contributed by atoms with Crippen LogP contribution in [0.15, 0.2) is 67.0 Å². The minimum Gasteiger partial charge on any atom is -0.486 e. The molecule has 170 valence electrons. The number of benzene rings is 2. The van der Waals surface area contributed by atoms with Gasteiger partial charge in [0.1, 0.15) is 12.4 Å². The van der Waals surface area contributed by atoms with Crippen molar-refractivity contribution in [3.63, 3.8) is 0 Å². The van der Waals surface area contributed by atoms with Gasteiger partial charge in [-0.2, -0.15) is 8.78 Å². The summed E-state index contributed by atoms with van der Waals surface area (Å²) in [5.74, 6) is 1.81. The monoisotopic (exact) mass is 450 g/mol. The molecule has 1 atom stereocenters. The predicted octanol–water partition coefficient (Wildman–Crippen LogP) is 5.07. The summed E-state index contributed by atoms with van der Waals surface area (Å²) in [4.78, 5) is 8.63.